The number of nitrogens with zero attached hydrogens (tertiary/aromatic N) is 2. The van der Waals surface area contributed by atoms with Crippen molar-refractivity contribution in [1.82, 2.24) is 9.55 Å². The summed E-state index contributed by atoms with van der Waals surface area (Å²) in [7, 11) is 0. The van der Waals surface area contributed by atoms with Crippen molar-refractivity contribution in [1.29, 1.82) is 0 Å². The zero-order valence-electron chi connectivity index (χ0n) is 6.59. The Morgan fingerprint density at radius 2 is 2.45 bits per heavy atom. The molecule has 0 unspecified atom stereocenters. The maximum Gasteiger partial charge on any atom is 0.204 e. The summed E-state index contributed by atoms with van der Waals surface area (Å²) in [5.74, 6) is 1.72. The van der Waals surface area contributed by atoms with Gasteiger partial charge in [0.05, 0.1) is 5.69 Å². The molecule has 0 saturated carbocycles. The van der Waals surface area contributed by atoms with E-state index in [1.54, 1.807) is 0 Å². The van der Waals surface area contributed by atoms with Crippen LogP contribution in [-0.4, -0.2) is 16.1 Å². The lowest BCUT2D eigenvalue weighted by Gasteiger charge is -2.15. The number of aryl methyl sites for hydroxylation is 1. The average molecular weight is 152 g/mol. The zero-order chi connectivity index (χ0) is 7.84. The van der Waals surface area contributed by atoms with Crippen LogP contribution in [-0.2, 0) is 6.54 Å². The molecule has 0 spiro atoms. The molecule has 2 rings (SSSR count). The third kappa shape index (κ3) is 0.859. The number of hydrogen-bond donors (Lipinski definition) is 2. The second-order valence-corrected chi connectivity index (χ2v) is 2.84. The van der Waals surface area contributed by atoms with Crippen LogP contribution in [0.3, 0.4) is 0 Å². The number of nitrogen functional groups attached to an aromatic ring is 1. The van der Waals surface area contributed by atoms with Gasteiger partial charge < -0.3 is 11.1 Å². The molecule has 0 amide bonds. The topological polar surface area (TPSA) is 55.9 Å². The highest BCUT2D eigenvalue weighted by molar-refractivity contribution is 5.46. The molecule has 3 N–H and O–H groups in total. The Morgan fingerprint density at radius 3 is 3.18 bits per heavy atom. The van der Waals surface area contributed by atoms with Crippen molar-refractivity contribution in [3.8, 4) is 0 Å². The standard InChI is InChI=1S/C7H12N4/c1-5-6(8)11-4-2-3-9-7(11)10-5/h2-4,8H2,1H3,(H,9,10). The largest absolute Gasteiger partial charge is 0.384 e. The Labute approximate surface area is 65.4 Å². The van der Waals surface area contributed by atoms with Crippen molar-refractivity contribution >= 4 is 11.8 Å². The van der Waals surface area contributed by atoms with Crippen LogP contribution in [0.25, 0.3) is 0 Å². The van der Waals surface area contributed by atoms with Gasteiger partial charge in [-0.1, -0.05) is 0 Å². The van der Waals surface area contributed by atoms with Crippen LogP contribution in [0, 0.1) is 6.92 Å². The molecule has 4 nitrogen and oxygen atoms in total. The van der Waals surface area contributed by atoms with E-state index >= 15 is 0 Å². The van der Waals surface area contributed by atoms with Crippen LogP contribution in [0.4, 0.5) is 11.8 Å². The summed E-state index contributed by atoms with van der Waals surface area (Å²) in [5.41, 5.74) is 6.71. The van der Waals surface area contributed by atoms with Gasteiger partial charge in [-0.05, 0) is 13.3 Å². The molecule has 0 fully saturated rings. The molecule has 0 atom stereocenters. The second-order valence-electron chi connectivity index (χ2n) is 2.84. The molecule has 1 aliphatic heterocycles. The van der Waals surface area contributed by atoms with Crippen molar-refractivity contribution in [2.45, 2.75) is 19.9 Å². The van der Waals surface area contributed by atoms with Crippen LogP contribution in [0.15, 0.2) is 0 Å². The summed E-state index contributed by atoms with van der Waals surface area (Å²) in [6, 6.07) is 0. The van der Waals surface area contributed by atoms with Crippen LogP contribution < -0.4 is 11.1 Å². The summed E-state index contributed by atoms with van der Waals surface area (Å²) >= 11 is 0. The van der Waals surface area contributed by atoms with E-state index in [2.05, 4.69) is 10.3 Å². The average Bonchev–Trinajstić information content (AvgIpc) is 2.30. The summed E-state index contributed by atoms with van der Waals surface area (Å²) in [5, 5.41) is 3.20. The summed E-state index contributed by atoms with van der Waals surface area (Å²) in [4.78, 5) is 4.28. The quantitative estimate of drug-likeness (QED) is 0.572. The van der Waals surface area contributed by atoms with E-state index in [1.165, 1.54) is 0 Å². The molecule has 4 heteroatoms. The van der Waals surface area contributed by atoms with Crippen molar-refractivity contribution < 1.29 is 0 Å². The number of nitrogens with one attached hydrogen (secondary N) is 1. The predicted molar refractivity (Wildman–Crippen MR) is 44.5 cm³/mol. The fraction of sp³-hybridized carbons (Fsp3) is 0.571. The number of nitrogens with two attached hydrogens (primary N) is 1. The minimum atomic E-state index is 0.798. The van der Waals surface area contributed by atoms with E-state index in [9.17, 15) is 0 Å². The minimum absolute atomic E-state index is 0.798. The summed E-state index contributed by atoms with van der Waals surface area (Å²) < 4.78 is 2.03. The number of fused-ring (bicyclic) bond motifs is 1. The first-order valence-corrected chi connectivity index (χ1v) is 3.85. The lowest BCUT2D eigenvalue weighted by molar-refractivity contribution is 0.634. The summed E-state index contributed by atoms with van der Waals surface area (Å²) in [6.07, 6.45) is 1.13. The minimum Gasteiger partial charge on any atom is -0.384 e. The number of anilines is 2. The Balaban J connectivity index is 2.50. The molecule has 2 heterocycles. The van der Waals surface area contributed by atoms with Crippen molar-refractivity contribution in [2.24, 2.45) is 0 Å². The first-order valence-electron chi connectivity index (χ1n) is 3.85. The molecule has 0 aromatic carbocycles. The normalized spacial score (nSPS) is 15.7. The lowest BCUT2D eigenvalue weighted by Crippen LogP contribution is -2.18. The highest BCUT2D eigenvalue weighted by Gasteiger charge is 2.13. The maximum absolute atomic E-state index is 5.78. The highest BCUT2D eigenvalue weighted by Crippen LogP contribution is 2.20. The van der Waals surface area contributed by atoms with Crippen molar-refractivity contribution in [2.75, 3.05) is 17.6 Å². The van der Waals surface area contributed by atoms with E-state index in [0.717, 1.165) is 37.0 Å². The van der Waals surface area contributed by atoms with E-state index in [-0.39, 0.29) is 0 Å². The van der Waals surface area contributed by atoms with Gasteiger partial charge in [-0.3, -0.25) is 4.57 Å². The van der Waals surface area contributed by atoms with Crippen LogP contribution in [0.2, 0.25) is 0 Å². The molecular weight excluding hydrogens is 140 g/mol. The van der Waals surface area contributed by atoms with Crippen molar-refractivity contribution in [3.05, 3.63) is 5.69 Å². The van der Waals surface area contributed by atoms with E-state index in [4.69, 9.17) is 5.73 Å². The van der Waals surface area contributed by atoms with Crippen molar-refractivity contribution in [3.63, 3.8) is 0 Å². The van der Waals surface area contributed by atoms with E-state index in [1.807, 2.05) is 11.5 Å². The molecule has 11 heavy (non-hydrogen) atoms. The van der Waals surface area contributed by atoms with Gasteiger partial charge in [-0.15, -0.1) is 0 Å². The molecule has 60 valence electrons. The van der Waals surface area contributed by atoms with Crippen LogP contribution in [0.5, 0.6) is 0 Å². The Morgan fingerprint density at radius 1 is 1.64 bits per heavy atom. The van der Waals surface area contributed by atoms with Gasteiger partial charge in [0.1, 0.15) is 5.82 Å². The lowest BCUT2D eigenvalue weighted by atomic mass is 10.3. The SMILES string of the molecule is Cc1nc2n(c1N)CCCN2. The van der Waals surface area contributed by atoms with Gasteiger partial charge in [0.25, 0.3) is 0 Å². The van der Waals surface area contributed by atoms with E-state index in [0.29, 0.717) is 0 Å². The molecule has 1 aromatic rings. The van der Waals surface area contributed by atoms with Crippen LogP contribution >= 0.6 is 0 Å². The molecule has 0 radical (unpaired) electrons. The second kappa shape index (κ2) is 2.15. The monoisotopic (exact) mass is 152 g/mol. The molecule has 0 bridgehead atoms. The van der Waals surface area contributed by atoms with E-state index < -0.39 is 0 Å². The zero-order valence-corrected chi connectivity index (χ0v) is 6.59. The van der Waals surface area contributed by atoms with Gasteiger partial charge in [0, 0.05) is 13.1 Å². The Kier molecular flexibility index (Phi) is 1.27. The molecule has 1 aliphatic rings. The number of aromatic nitrogens is 2. The van der Waals surface area contributed by atoms with Gasteiger partial charge in [-0.2, -0.15) is 0 Å². The molecule has 0 saturated heterocycles. The van der Waals surface area contributed by atoms with Crippen LogP contribution in [0.1, 0.15) is 12.1 Å². The first-order chi connectivity index (χ1) is 5.29. The Hall–Kier alpha value is -1.19. The Bertz CT molecular complexity index is 276. The van der Waals surface area contributed by atoms with Gasteiger partial charge in [0.2, 0.25) is 5.95 Å². The highest BCUT2D eigenvalue weighted by atomic mass is 15.3. The predicted octanol–water partition coefficient (Wildman–Crippen LogP) is 0.589. The van der Waals surface area contributed by atoms with Gasteiger partial charge >= 0.3 is 0 Å². The number of rotatable bonds is 0. The fourth-order valence-corrected chi connectivity index (χ4v) is 1.38. The number of imidazole rings is 1. The third-order valence-corrected chi connectivity index (χ3v) is 2.03. The molecule has 1 aromatic heterocycles. The maximum atomic E-state index is 5.78. The van der Waals surface area contributed by atoms with Gasteiger partial charge in [-0.25, -0.2) is 4.98 Å². The van der Waals surface area contributed by atoms with Gasteiger partial charge in [0.15, 0.2) is 0 Å². The molecular formula is C7H12N4. The summed E-state index contributed by atoms with van der Waals surface area (Å²) in [6.45, 7) is 3.94. The third-order valence-electron chi connectivity index (χ3n) is 2.03. The smallest absolute Gasteiger partial charge is 0.204 e. The molecule has 0 aliphatic carbocycles. The number of hydrogen-bond acceptors (Lipinski definition) is 3. The first kappa shape index (κ1) is 6.52. The fourth-order valence-electron chi connectivity index (χ4n) is 1.38.